The van der Waals surface area contributed by atoms with Gasteiger partial charge in [0, 0.05) is 23.4 Å². The van der Waals surface area contributed by atoms with Gasteiger partial charge >= 0.3 is 0 Å². The van der Waals surface area contributed by atoms with Crippen LogP contribution in [0.3, 0.4) is 0 Å². The highest BCUT2D eigenvalue weighted by atomic mass is 127. The molecule has 0 aliphatic rings. The van der Waals surface area contributed by atoms with Crippen molar-refractivity contribution >= 4 is 45.5 Å². The molecule has 1 heterocycles. The number of para-hydroxylation sites is 1. The molecule has 0 atom stereocenters. The lowest BCUT2D eigenvalue weighted by Gasteiger charge is -2.12. The van der Waals surface area contributed by atoms with E-state index in [1.54, 1.807) is 12.1 Å². The Morgan fingerprint density at radius 2 is 2.04 bits per heavy atom. The fourth-order valence-corrected chi connectivity index (χ4v) is 3.97. The fourth-order valence-electron chi connectivity index (χ4n) is 2.50. The van der Waals surface area contributed by atoms with Crippen LogP contribution in [0.4, 0.5) is 10.1 Å². The second kappa shape index (κ2) is 8.72. The SMILES string of the molecule is CONCc1ccc(-c2ccccc2NC(=O)c2ccsc2I)cc1F. The maximum absolute atomic E-state index is 14.3. The van der Waals surface area contributed by atoms with Gasteiger partial charge in [0.1, 0.15) is 5.82 Å². The normalized spacial score (nSPS) is 10.7. The molecular weight excluding hydrogens is 466 g/mol. The summed E-state index contributed by atoms with van der Waals surface area (Å²) in [6.07, 6.45) is 0. The molecule has 26 heavy (non-hydrogen) atoms. The third-order valence-electron chi connectivity index (χ3n) is 3.81. The zero-order valence-electron chi connectivity index (χ0n) is 13.9. The van der Waals surface area contributed by atoms with Crippen LogP contribution >= 0.6 is 33.9 Å². The Kier molecular flexibility index (Phi) is 6.36. The predicted octanol–water partition coefficient (Wildman–Crippen LogP) is 5.06. The average molecular weight is 482 g/mol. The molecule has 0 aliphatic heterocycles. The van der Waals surface area contributed by atoms with Crippen LogP contribution in [0.15, 0.2) is 53.9 Å². The van der Waals surface area contributed by atoms with E-state index >= 15 is 0 Å². The molecule has 2 aromatic carbocycles. The summed E-state index contributed by atoms with van der Waals surface area (Å²) in [7, 11) is 1.49. The van der Waals surface area contributed by atoms with Crippen molar-refractivity contribution in [3.05, 3.63) is 73.7 Å². The van der Waals surface area contributed by atoms with Gasteiger partial charge < -0.3 is 10.2 Å². The van der Waals surface area contributed by atoms with Crippen molar-refractivity contribution in [2.24, 2.45) is 0 Å². The van der Waals surface area contributed by atoms with Crippen LogP contribution in [-0.2, 0) is 11.4 Å². The second-order valence-electron chi connectivity index (χ2n) is 5.44. The topological polar surface area (TPSA) is 50.4 Å². The number of rotatable bonds is 6. The summed E-state index contributed by atoms with van der Waals surface area (Å²) in [5.41, 5.74) is 5.86. The molecular formula is C19H16FIN2O2S. The Morgan fingerprint density at radius 3 is 2.73 bits per heavy atom. The highest BCUT2D eigenvalue weighted by molar-refractivity contribution is 14.1. The van der Waals surface area contributed by atoms with Crippen LogP contribution in [-0.4, -0.2) is 13.0 Å². The number of hydrogen-bond acceptors (Lipinski definition) is 4. The molecule has 7 heteroatoms. The van der Waals surface area contributed by atoms with E-state index in [4.69, 9.17) is 4.84 Å². The van der Waals surface area contributed by atoms with E-state index < -0.39 is 0 Å². The molecule has 0 aliphatic carbocycles. The molecule has 4 nitrogen and oxygen atoms in total. The third kappa shape index (κ3) is 4.29. The summed E-state index contributed by atoms with van der Waals surface area (Å²) >= 11 is 3.66. The Morgan fingerprint density at radius 1 is 1.23 bits per heavy atom. The van der Waals surface area contributed by atoms with Gasteiger partial charge in [-0.2, -0.15) is 5.48 Å². The van der Waals surface area contributed by atoms with Gasteiger partial charge in [-0.25, -0.2) is 4.39 Å². The standard InChI is InChI=1S/C19H16FIN2O2S/c1-25-22-11-13-7-6-12(10-16(13)20)14-4-2-3-5-17(14)23-19(24)15-8-9-26-18(15)21/h2-10,22H,11H2,1H3,(H,23,24). The minimum atomic E-state index is -0.333. The molecule has 1 amide bonds. The lowest BCUT2D eigenvalue weighted by Crippen LogP contribution is -2.13. The molecule has 0 spiro atoms. The van der Waals surface area contributed by atoms with Crippen molar-refractivity contribution in [2.75, 3.05) is 12.4 Å². The first-order valence-corrected chi connectivity index (χ1v) is 9.74. The zero-order chi connectivity index (χ0) is 18.5. The molecule has 2 N–H and O–H groups in total. The summed E-state index contributed by atoms with van der Waals surface area (Å²) in [5, 5.41) is 4.81. The van der Waals surface area contributed by atoms with E-state index in [0.29, 0.717) is 22.4 Å². The van der Waals surface area contributed by atoms with Gasteiger partial charge in [-0.05, 0) is 51.7 Å². The first-order valence-electron chi connectivity index (χ1n) is 7.78. The fraction of sp³-hybridized carbons (Fsp3) is 0.105. The maximum atomic E-state index is 14.3. The Hall–Kier alpha value is -1.81. The van der Waals surface area contributed by atoms with Crippen LogP contribution < -0.4 is 10.8 Å². The van der Waals surface area contributed by atoms with Crippen molar-refractivity contribution in [3.63, 3.8) is 0 Å². The number of carbonyl (C=O) groups excluding carboxylic acids is 1. The minimum Gasteiger partial charge on any atom is -0.321 e. The summed E-state index contributed by atoms with van der Waals surface area (Å²) < 4.78 is 15.3. The van der Waals surface area contributed by atoms with E-state index in [9.17, 15) is 9.18 Å². The highest BCUT2D eigenvalue weighted by Crippen LogP contribution is 2.30. The summed E-state index contributed by atoms with van der Waals surface area (Å²) in [6.45, 7) is 0.275. The lowest BCUT2D eigenvalue weighted by atomic mass is 10.0. The number of amides is 1. The van der Waals surface area contributed by atoms with Gasteiger partial charge in [-0.3, -0.25) is 4.79 Å². The number of benzene rings is 2. The molecule has 0 radical (unpaired) electrons. The predicted molar refractivity (Wildman–Crippen MR) is 111 cm³/mol. The van der Waals surface area contributed by atoms with Gasteiger partial charge in [0.25, 0.3) is 5.91 Å². The average Bonchev–Trinajstić information content (AvgIpc) is 3.07. The molecule has 3 aromatic rings. The first-order chi connectivity index (χ1) is 12.6. The van der Waals surface area contributed by atoms with Crippen molar-refractivity contribution in [1.82, 2.24) is 5.48 Å². The summed E-state index contributed by atoms with van der Waals surface area (Å²) in [4.78, 5) is 17.3. The zero-order valence-corrected chi connectivity index (χ0v) is 16.9. The van der Waals surface area contributed by atoms with E-state index in [1.165, 1.54) is 24.5 Å². The minimum absolute atomic E-state index is 0.176. The molecule has 134 valence electrons. The number of anilines is 1. The molecule has 0 saturated carbocycles. The van der Waals surface area contributed by atoms with E-state index in [2.05, 4.69) is 33.4 Å². The number of nitrogens with one attached hydrogen (secondary N) is 2. The second-order valence-corrected chi connectivity index (χ2v) is 8.17. The third-order valence-corrected chi connectivity index (χ3v) is 5.85. The van der Waals surface area contributed by atoms with E-state index in [0.717, 1.165) is 8.45 Å². The van der Waals surface area contributed by atoms with Crippen molar-refractivity contribution < 1.29 is 14.0 Å². The molecule has 0 unspecified atom stereocenters. The molecule has 1 aromatic heterocycles. The lowest BCUT2D eigenvalue weighted by molar-refractivity contribution is 0.0859. The summed E-state index contributed by atoms with van der Waals surface area (Å²) in [5.74, 6) is -0.509. The Bertz CT molecular complexity index is 929. The largest absolute Gasteiger partial charge is 0.321 e. The Balaban J connectivity index is 1.89. The van der Waals surface area contributed by atoms with Gasteiger partial charge in [-0.15, -0.1) is 11.3 Å². The number of halogens is 2. The van der Waals surface area contributed by atoms with Gasteiger partial charge in [-0.1, -0.05) is 30.3 Å². The molecule has 0 bridgehead atoms. The molecule has 0 saturated heterocycles. The number of carbonyl (C=O) groups is 1. The van der Waals surface area contributed by atoms with Crippen molar-refractivity contribution in [2.45, 2.75) is 6.54 Å². The number of hydrogen-bond donors (Lipinski definition) is 2. The van der Waals surface area contributed by atoms with Crippen LogP contribution in [0, 0.1) is 8.70 Å². The van der Waals surface area contributed by atoms with Crippen LogP contribution in [0.2, 0.25) is 0 Å². The number of hydroxylamine groups is 1. The van der Waals surface area contributed by atoms with Crippen LogP contribution in [0.1, 0.15) is 15.9 Å². The molecule has 0 fully saturated rings. The molecule has 3 rings (SSSR count). The monoisotopic (exact) mass is 482 g/mol. The van der Waals surface area contributed by atoms with Crippen LogP contribution in [0.25, 0.3) is 11.1 Å². The summed E-state index contributed by atoms with van der Waals surface area (Å²) in [6, 6.07) is 14.2. The van der Waals surface area contributed by atoms with Crippen molar-refractivity contribution in [1.29, 1.82) is 0 Å². The number of thiophene rings is 1. The smallest absolute Gasteiger partial charge is 0.257 e. The maximum Gasteiger partial charge on any atom is 0.257 e. The van der Waals surface area contributed by atoms with E-state index in [1.807, 2.05) is 35.7 Å². The highest BCUT2D eigenvalue weighted by Gasteiger charge is 2.14. The van der Waals surface area contributed by atoms with Crippen molar-refractivity contribution in [3.8, 4) is 11.1 Å². The van der Waals surface area contributed by atoms with E-state index in [-0.39, 0.29) is 18.3 Å². The first kappa shape index (κ1) is 19.0. The Labute approximate surface area is 168 Å². The van der Waals surface area contributed by atoms with Gasteiger partial charge in [0.05, 0.1) is 15.6 Å². The van der Waals surface area contributed by atoms with Crippen LogP contribution in [0.5, 0.6) is 0 Å². The van der Waals surface area contributed by atoms with Gasteiger partial charge in [0.15, 0.2) is 0 Å². The van der Waals surface area contributed by atoms with Gasteiger partial charge in [0.2, 0.25) is 0 Å². The quantitative estimate of drug-likeness (QED) is 0.382.